The monoisotopic (exact) mass is 266 g/mol. The lowest BCUT2D eigenvalue weighted by molar-refractivity contribution is -0.113. The summed E-state index contributed by atoms with van der Waals surface area (Å²) in [6, 6.07) is 6.15. The molecular formula is C13H15BrO. The molecule has 1 aromatic carbocycles. The Balaban J connectivity index is 3.13. The largest absolute Gasteiger partial charge is 0.294 e. The third kappa shape index (κ3) is 3.03. The molecule has 0 aromatic heterocycles. The maximum Gasteiger partial charge on any atom is 0.169 e. The summed E-state index contributed by atoms with van der Waals surface area (Å²) in [5.41, 5.74) is 4.36. The van der Waals surface area contributed by atoms with Gasteiger partial charge >= 0.3 is 0 Å². The van der Waals surface area contributed by atoms with Crippen LogP contribution in [0.3, 0.4) is 0 Å². The normalized spacial score (nSPS) is 11.6. The van der Waals surface area contributed by atoms with Gasteiger partial charge in [-0.2, -0.15) is 0 Å². The maximum atomic E-state index is 11.4. The van der Waals surface area contributed by atoms with Gasteiger partial charge in [-0.15, -0.1) is 0 Å². The standard InChI is InChI=1S/C13H15BrO/c1-9-5-4-6-10(2)12(9)7-11(3)13(15)8-14/h4-7H,8H2,1-3H3/b11-7+. The van der Waals surface area contributed by atoms with E-state index in [4.69, 9.17) is 0 Å². The van der Waals surface area contributed by atoms with Gasteiger partial charge in [-0.1, -0.05) is 34.1 Å². The number of rotatable bonds is 3. The summed E-state index contributed by atoms with van der Waals surface area (Å²) in [7, 11) is 0. The molecular weight excluding hydrogens is 252 g/mol. The molecule has 0 atom stereocenters. The summed E-state index contributed by atoms with van der Waals surface area (Å²) in [5, 5.41) is 0.389. The van der Waals surface area contributed by atoms with Crippen molar-refractivity contribution in [2.75, 3.05) is 5.33 Å². The number of carbonyl (C=O) groups is 1. The molecule has 0 amide bonds. The molecule has 0 N–H and O–H groups in total. The first-order chi connectivity index (χ1) is 7.06. The Morgan fingerprint density at radius 3 is 2.33 bits per heavy atom. The van der Waals surface area contributed by atoms with E-state index in [1.807, 2.05) is 19.1 Å². The number of alkyl halides is 1. The fourth-order valence-corrected chi connectivity index (χ4v) is 1.90. The van der Waals surface area contributed by atoms with Gasteiger partial charge in [0.25, 0.3) is 0 Å². The van der Waals surface area contributed by atoms with Crippen LogP contribution in [-0.4, -0.2) is 11.1 Å². The van der Waals surface area contributed by atoms with Gasteiger partial charge in [0.05, 0.1) is 5.33 Å². The van der Waals surface area contributed by atoms with Crippen molar-refractivity contribution in [1.29, 1.82) is 0 Å². The number of aryl methyl sites for hydroxylation is 2. The van der Waals surface area contributed by atoms with E-state index < -0.39 is 0 Å². The highest BCUT2D eigenvalue weighted by Crippen LogP contribution is 2.17. The van der Waals surface area contributed by atoms with Crippen LogP contribution in [0.25, 0.3) is 6.08 Å². The van der Waals surface area contributed by atoms with Crippen LogP contribution in [0.5, 0.6) is 0 Å². The summed E-state index contributed by atoms with van der Waals surface area (Å²) < 4.78 is 0. The number of halogens is 1. The summed E-state index contributed by atoms with van der Waals surface area (Å²) in [6.07, 6.45) is 1.97. The van der Waals surface area contributed by atoms with Gasteiger partial charge in [-0.05, 0) is 49.1 Å². The van der Waals surface area contributed by atoms with Crippen LogP contribution < -0.4 is 0 Å². The van der Waals surface area contributed by atoms with Gasteiger partial charge in [0.2, 0.25) is 0 Å². The lowest BCUT2D eigenvalue weighted by atomic mass is 10.00. The van der Waals surface area contributed by atoms with Gasteiger partial charge in [0.1, 0.15) is 0 Å². The van der Waals surface area contributed by atoms with Gasteiger partial charge in [0.15, 0.2) is 5.78 Å². The molecule has 0 spiro atoms. The van der Waals surface area contributed by atoms with Crippen LogP contribution in [0.4, 0.5) is 0 Å². The summed E-state index contributed by atoms with van der Waals surface area (Å²) in [5.74, 6) is 0.137. The molecule has 1 aromatic rings. The molecule has 0 saturated carbocycles. The van der Waals surface area contributed by atoms with E-state index >= 15 is 0 Å². The molecule has 80 valence electrons. The predicted octanol–water partition coefficient (Wildman–Crippen LogP) is 3.67. The molecule has 0 radical (unpaired) electrons. The lowest BCUT2D eigenvalue weighted by Crippen LogP contribution is -2.00. The van der Waals surface area contributed by atoms with Crippen molar-refractivity contribution in [3.8, 4) is 0 Å². The van der Waals surface area contributed by atoms with Crippen LogP contribution in [0.1, 0.15) is 23.6 Å². The van der Waals surface area contributed by atoms with E-state index in [0.717, 1.165) is 11.1 Å². The average Bonchev–Trinajstić information content (AvgIpc) is 2.22. The van der Waals surface area contributed by atoms with Gasteiger partial charge in [-0.25, -0.2) is 0 Å². The number of allylic oxidation sites excluding steroid dienone is 1. The third-order valence-electron chi connectivity index (χ3n) is 2.46. The van der Waals surface area contributed by atoms with Gasteiger partial charge in [-0.3, -0.25) is 4.79 Å². The van der Waals surface area contributed by atoms with Crippen molar-refractivity contribution in [2.45, 2.75) is 20.8 Å². The molecule has 0 bridgehead atoms. The lowest BCUT2D eigenvalue weighted by Gasteiger charge is -2.05. The molecule has 0 aliphatic carbocycles. The van der Waals surface area contributed by atoms with Crippen molar-refractivity contribution in [3.05, 3.63) is 40.5 Å². The average molecular weight is 267 g/mol. The minimum absolute atomic E-state index is 0.137. The number of benzene rings is 1. The first-order valence-electron chi connectivity index (χ1n) is 4.90. The zero-order valence-electron chi connectivity index (χ0n) is 9.30. The number of ketones is 1. The van der Waals surface area contributed by atoms with Crippen molar-refractivity contribution >= 4 is 27.8 Å². The third-order valence-corrected chi connectivity index (χ3v) is 2.97. The van der Waals surface area contributed by atoms with Crippen LogP contribution in [0.2, 0.25) is 0 Å². The molecule has 0 saturated heterocycles. The van der Waals surface area contributed by atoms with Crippen molar-refractivity contribution in [3.63, 3.8) is 0 Å². The predicted molar refractivity (Wildman–Crippen MR) is 68.4 cm³/mol. The van der Waals surface area contributed by atoms with E-state index in [-0.39, 0.29) is 5.78 Å². The Hall–Kier alpha value is -0.890. The van der Waals surface area contributed by atoms with E-state index in [1.54, 1.807) is 0 Å². The molecule has 0 aliphatic heterocycles. The molecule has 0 heterocycles. The minimum Gasteiger partial charge on any atom is -0.294 e. The van der Waals surface area contributed by atoms with E-state index in [1.165, 1.54) is 11.1 Å². The minimum atomic E-state index is 0.137. The Kier molecular flexibility index (Phi) is 4.28. The van der Waals surface area contributed by atoms with E-state index in [9.17, 15) is 4.79 Å². The molecule has 1 rings (SSSR count). The highest BCUT2D eigenvalue weighted by atomic mass is 79.9. The zero-order valence-corrected chi connectivity index (χ0v) is 10.9. The Labute approximate surface area is 99.3 Å². The molecule has 15 heavy (non-hydrogen) atoms. The van der Waals surface area contributed by atoms with Crippen LogP contribution in [-0.2, 0) is 4.79 Å². The smallest absolute Gasteiger partial charge is 0.169 e. The maximum absolute atomic E-state index is 11.4. The summed E-state index contributed by atoms with van der Waals surface area (Å²) in [4.78, 5) is 11.4. The SMILES string of the molecule is C/C(=C\c1c(C)cccc1C)C(=O)CBr. The van der Waals surface area contributed by atoms with Crippen LogP contribution in [0, 0.1) is 13.8 Å². The van der Waals surface area contributed by atoms with Gasteiger partial charge < -0.3 is 0 Å². The second-order valence-corrected chi connectivity index (χ2v) is 4.25. The first kappa shape index (κ1) is 12.2. The highest BCUT2D eigenvalue weighted by molar-refractivity contribution is 9.09. The number of carbonyl (C=O) groups excluding carboxylic acids is 1. The summed E-state index contributed by atoms with van der Waals surface area (Å²) in [6.45, 7) is 5.98. The molecule has 0 unspecified atom stereocenters. The van der Waals surface area contributed by atoms with Crippen LogP contribution >= 0.6 is 15.9 Å². The number of hydrogen-bond acceptors (Lipinski definition) is 1. The highest BCUT2D eigenvalue weighted by Gasteiger charge is 2.04. The molecule has 0 aliphatic rings. The fourth-order valence-electron chi connectivity index (χ4n) is 1.46. The second-order valence-electron chi connectivity index (χ2n) is 3.69. The second kappa shape index (κ2) is 5.26. The molecule has 2 heteroatoms. The summed E-state index contributed by atoms with van der Waals surface area (Å²) >= 11 is 3.18. The van der Waals surface area contributed by atoms with Gasteiger partial charge in [0, 0.05) is 0 Å². The van der Waals surface area contributed by atoms with Crippen molar-refractivity contribution < 1.29 is 4.79 Å². The van der Waals surface area contributed by atoms with E-state index in [2.05, 4.69) is 41.9 Å². The number of hydrogen-bond donors (Lipinski definition) is 0. The Morgan fingerprint density at radius 1 is 1.33 bits per heavy atom. The molecule has 1 nitrogen and oxygen atoms in total. The number of Topliss-reactive ketones (excluding diaryl/α,β-unsaturated/α-hetero) is 1. The Bertz CT molecular complexity index is 385. The zero-order chi connectivity index (χ0) is 11.4. The van der Waals surface area contributed by atoms with Crippen LogP contribution in [0.15, 0.2) is 23.8 Å². The fraction of sp³-hybridized carbons (Fsp3) is 0.308. The quantitative estimate of drug-likeness (QED) is 0.603. The first-order valence-corrected chi connectivity index (χ1v) is 6.02. The Morgan fingerprint density at radius 2 is 1.87 bits per heavy atom. The van der Waals surface area contributed by atoms with Crippen molar-refractivity contribution in [1.82, 2.24) is 0 Å². The topological polar surface area (TPSA) is 17.1 Å². The molecule has 0 fully saturated rings. The van der Waals surface area contributed by atoms with Crippen molar-refractivity contribution in [2.24, 2.45) is 0 Å². The van der Waals surface area contributed by atoms with E-state index in [0.29, 0.717) is 5.33 Å².